The first kappa shape index (κ1) is 11.9. The molecule has 0 unspecified atom stereocenters. The molecule has 0 spiro atoms. The van der Waals surface area contributed by atoms with Gasteiger partial charge in [-0.3, -0.25) is 0 Å². The van der Waals surface area contributed by atoms with Crippen LogP contribution in [0.2, 0.25) is 0 Å². The summed E-state index contributed by atoms with van der Waals surface area (Å²) in [5.41, 5.74) is 7.00. The maximum absolute atomic E-state index is 13.2. The molecule has 1 aromatic carbocycles. The first-order valence-corrected chi connectivity index (χ1v) is 6.59. The Kier molecular flexibility index (Phi) is 4.80. The van der Waals surface area contributed by atoms with Crippen LogP contribution in [0.1, 0.15) is 0 Å². The third-order valence-corrected chi connectivity index (χ3v) is 3.15. The molecule has 3 N–H and O–H groups in total. The Labute approximate surface area is 101 Å². The lowest BCUT2D eigenvalue weighted by molar-refractivity contribution is 0.621. The van der Waals surface area contributed by atoms with E-state index in [0.29, 0.717) is 14.9 Å². The van der Waals surface area contributed by atoms with E-state index in [0.717, 1.165) is 12.3 Å². The summed E-state index contributed by atoms with van der Waals surface area (Å²) < 4.78 is 13.7. The monoisotopic (exact) mass is 326 g/mol. The molecule has 0 atom stereocenters. The minimum Gasteiger partial charge on any atom is -0.397 e. The molecule has 0 bridgehead atoms. The van der Waals surface area contributed by atoms with Crippen molar-refractivity contribution in [3.8, 4) is 0 Å². The number of hydrogen-bond donors (Lipinski definition) is 2. The molecule has 0 aromatic heterocycles. The average molecular weight is 326 g/mol. The Morgan fingerprint density at radius 2 is 2.29 bits per heavy atom. The lowest BCUT2D eigenvalue weighted by Crippen LogP contribution is -2.07. The zero-order valence-corrected chi connectivity index (χ0v) is 10.8. The molecule has 5 heteroatoms. The Balaban J connectivity index is 2.72. The van der Waals surface area contributed by atoms with Gasteiger partial charge >= 0.3 is 0 Å². The fourth-order valence-corrected chi connectivity index (χ4v) is 1.80. The highest BCUT2D eigenvalue weighted by Gasteiger charge is 2.04. The second-order valence-electron chi connectivity index (χ2n) is 2.77. The number of rotatable bonds is 4. The van der Waals surface area contributed by atoms with Gasteiger partial charge in [-0.15, -0.1) is 0 Å². The van der Waals surface area contributed by atoms with Gasteiger partial charge in [0.05, 0.1) is 14.9 Å². The molecule has 0 heterocycles. The molecule has 1 aromatic rings. The molecule has 78 valence electrons. The maximum Gasteiger partial charge on any atom is 0.138 e. The van der Waals surface area contributed by atoms with Gasteiger partial charge in [-0.1, -0.05) is 0 Å². The fourth-order valence-electron chi connectivity index (χ4n) is 1.00. The quantitative estimate of drug-likeness (QED) is 0.508. The molecule has 0 fully saturated rings. The molecule has 0 aliphatic heterocycles. The number of anilines is 2. The van der Waals surface area contributed by atoms with Gasteiger partial charge < -0.3 is 11.1 Å². The summed E-state index contributed by atoms with van der Waals surface area (Å²) in [5.74, 6) is 0.749. The summed E-state index contributed by atoms with van der Waals surface area (Å²) >= 11 is 3.66. The van der Waals surface area contributed by atoms with Crippen molar-refractivity contribution >= 4 is 45.7 Å². The molecule has 0 saturated heterocycles. The number of nitrogens with one attached hydrogen (secondary N) is 1. The summed E-state index contributed by atoms with van der Waals surface area (Å²) in [7, 11) is 0. The van der Waals surface area contributed by atoms with Crippen LogP contribution in [0.5, 0.6) is 0 Å². The molecule has 14 heavy (non-hydrogen) atoms. The highest BCUT2D eigenvalue weighted by Crippen LogP contribution is 2.23. The summed E-state index contributed by atoms with van der Waals surface area (Å²) in [5, 5.41) is 3.09. The molecule has 0 radical (unpaired) electrons. The topological polar surface area (TPSA) is 38.0 Å². The molecule has 0 amide bonds. The van der Waals surface area contributed by atoms with Gasteiger partial charge in [0.15, 0.2) is 0 Å². The predicted molar refractivity (Wildman–Crippen MR) is 70.4 cm³/mol. The Bertz CT molecular complexity index is 320. The second-order valence-corrected chi connectivity index (χ2v) is 4.92. The van der Waals surface area contributed by atoms with Gasteiger partial charge in [0, 0.05) is 18.4 Å². The van der Waals surface area contributed by atoms with E-state index >= 15 is 0 Å². The zero-order chi connectivity index (χ0) is 10.6. The number of nitrogens with two attached hydrogens (primary N) is 1. The summed E-state index contributed by atoms with van der Waals surface area (Å²) in [4.78, 5) is 0. The van der Waals surface area contributed by atoms with Crippen molar-refractivity contribution in [3.05, 3.63) is 21.5 Å². The van der Waals surface area contributed by atoms with Gasteiger partial charge in [-0.2, -0.15) is 11.8 Å². The minimum atomic E-state index is -0.230. The van der Waals surface area contributed by atoms with Gasteiger partial charge in [-0.05, 0) is 34.9 Å². The summed E-state index contributed by atoms with van der Waals surface area (Å²) in [6.45, 7) is 0.797. The van der Waals surface area contributed by atoms with Crippen LogP contribution in [0.3, 0.4) is 0 Å². The molecular formula is C9H12FIN2S. The van der Waals surface area contributed by atoms with E-state index in [9.17, 15) is 4.39 Å². The second kappa shape index (κ2) is 5.65. The van der Waals surface area contributed by atoms with Crippen molar-refractivity contribution in [1.82, 2.24) is 0 Å². The number of halogens is 2. The average Bonchev–Trinajstić information content (AvgIpc) is 2.14. The van der Waals surface area contributed by atoms with Crippen LogP contribution in [0, 0.1) is 9.39 Å². The van der Waals surface area contributed by atoms with Crippen molar-refractivity contribution in [1.29, 1.82) is 0 Å². The van der Waals surface area contributed by atoms with E-state index in [1.54, 1.807) is 17.8 Å². The SMILES string of the molecule is CSCCNc1cc(F)c(I)cc1N. The van der Waals surface area contributed by atoms with Gasteiger partial charge in [0.25, 0.3) is 0 Å². The first-order valence-electron chi connectivity index (χ1n) is 4.12. The highest BCUT2D eigenvalue weighted by atomic mass is 127. The van der Waals surface area contributed by atoms with Crippen LogP contribution in [0.4, 0.5) is 15.8 Å². The van der Waals surface area contributed by atoms with Crippen LogP contribution in [-0.4, -0.2) is 18.6 Å². The lowest BCUT2D eigenvalue weighted by Gasteiger charge is -2.09. The van der Waals surface area contributed by atoms with E-state index in [1.807, 2.05) is 28.8 Å². The van der Waals surface area contributed by atoms with E-state index in [4.69, 9.17) is 5.73 Å². The van der Waals surface area contributed by atoms with Gasteiger partial charge in [0.2, 0.25) is 0 Å². The standard InChI is InChI=1S/C9H12FIN2S/c1-14-3-2-13-9-4-6(10)7(11)5-8(9)12/h4-5,13H,2-3,12H2,1H3. The van der Waals surface area contributed by atoms with Crippen molar-refractivity contribution < 1.29 is 4.39 Å². The van der Waals surface area contributed by atoms with Crippen LogP contribution >= 0.6 is 34.4 Å². The van der Waals surface area contributed by atoms with Crippen LogP contribution in [0.15, 0.2) is 12.1 Å². The molecular weight excluding hydrogens is 314 g/mol. The van der Waals surface area contributed by atoms with Crippen molar-refractivity contribution in [2.75, 3.05) is 29.6 Å². The van der Waals surface area contributed by atoms with E-state index in [-0.39, 0.29) is 5.82 Å². The first-order chi connectivity index (χ1) is 6.65. The molecule has 0 saturated carbocycles. The van der Waals surface area contributed by atoms with Crippen molar-refractivity contribution in [2.24, 2.45) is 0 Å². The Hall–Kier alpha value is -0.170. The van der Waals surface area contributed by atoms with E-state index < -0.39 is 0 Å². The number of hydrogen-bond acceptors (Lipinski definition) is 3. The van der Waals surface area contributed by atoms with Gasteiger partial charge in [-0.25, -0.2) is 4.39 Å². The molecule has 0 aliphatic rings. The molecule has 2 nitrogen and oxygen atoms in total. The van der Waals surface area contributed by atoms with Gasteiger partial charge in [0.1, 0.15) is 5.82 Å². The summed E-state index contributed by atoms with van der Waals surface area (Å²) in [6, 6.07) is 3.08. The minimum absolute atomic E-state index is 0.230. The van der Waals surface area contributed by atoms with E-state index in [1.165, 1.54) is 6.07 Å². The Morgan fingerprint density at radius 1 is 1.57 bits per heavy atom. The highest BCUT2D eigenvalue weighted by molar-refractivity contribution is 14.1. The predicted octanol–water partition coefficient (Wildman–Crippen LogP) is 2.79. The third kappa shape index (κ3) is 3.20. The molecule has 0 aliphatic carbocycles. The number of thioether (sulfide) groups is 1. The normalized spacial score (nSPS) is 10.2. The maximum atomic E-state index is 13.2. The van der Waals surface area contributed by atoms with Crippen LogP contribution < -0.4 is 11.1 Å². The fraction of sp³-hybridized carbons (Fsp3) is 0.333. The largest absolute Gasteiger partial charge is 0.397 e. The van der Waals surface area contributed by atoms with Crippen molar-refractivity contribution in [2.45, 2.75) is 0 Å². The number of nitrogen functional groups attached to an aromatic ring is 1. The summed E-state index contributed by atoms with van der Waals surface area (Å²) in [6.07, 6.45) is 2.03. The third-order valence-electron chi connectivity index (χ3n) is 1.71. The Morgan fingerprint density at radius 3 is 2.93 bits per heavy atom. The van der Waals surface area contributed by atoms with E-state index in [2.05, 4.69) is 5.32 Å². The number of benzene rings is 1. The molecule has 1 rings (SSSR count). The van der Waals surface area contributed by atoms with Crippen LogP contribution in [0.25, 0.3) is 0 Å². The smallest absolute Gasteiger partial charge is 0.138 e. The lowest BCUT2D eigenvalue weighted by atomic mass is 10.2. The van der Waals surface area contributed by atoms with Crippen LogP contribution in [-0.2, 0) is 0 Å². The van der Waals surface area contributed by atoms with Crippen molar-refractivity contribution in [3.63, 3.8) is 0 Å². The zero-order valence-electron chi connectivity index (χ0n) is 7.81.